The number of rotatable bonds is 3. The molecule has 0 bridgehead atoms. The Hall–Kier alpha value is -1.57. The third kappa shape index (κ3) is 2.94. The van der Waals surface area contributed by atoms with Crippen molar-refractivity contribution in [3.63, 3.8) is 0 Å². The summed E-state index contributed by atoms with van der Waals surface area (Å²) in [4.78, 5) is 4.21. The first kappa shape index (κ1) is 9.97. The highest BCUT2D eigenvalue weighted by Crippen LogP contribution is 2.12. The largest absolute Gasteiger partial charge is 0.489 e. The van der Waals surface area contributed by atoms with Crippen LogP contribution in [0.4, 0.5) is 0 Å². The van der Waals surface area contributed by atoms with Crippen molar-refractivity contribution in [1.29, 1.82) is 0 Å². The molecule has 1 aliphatic heterocycles. The minimum atomic E-state index is 0.618. The van der Waals surface area contributed by atoms with Gasteiger partial charge in [-0.3, -0.25) is 4.99 Å². The predicted molar refractivity (Wildman–Crippen MR) is 62.7 cm³/mol. The van der Waals surface area contributed by atoms with Gasteiger partial charge >= 0.3 is 0 Å². The molecular weight excluding hydrogens is 186 g/mol. The van der Waals surface area contributed by atoms with Crippen LogP contribution in [0.15, 0.2) is 40.9 Å². The monoisotopic (exact) mass is 201 g/mol. The smallest absolute Gasteiger partial charge is 0.119 e. The van der Waals surface area contributed by atoms with E-state index in [-0.39, 0.29) is 0 Å². The zero-order valence-corrected chi connectivity index (χ0v) is 8.94. The first-order valence-electron chi connectivity index (χ1n) is 5.23. The number of aryl methyl sites for hydroxylation is 1. The van der Waals surface area contributed by atoms with E-state index >= 15 is 0 Å². The van der Waals surface area contributed by atoms with E-state index in [0.717, 1.165) is 18.7 Å². The summed E-state index contributed by atoms with van der Waals surface area (Å²) in [5.74, 6) is 0.917. The Labute approximate surface area is 90.3 Å². The second-order valence-electron chi connectivity index (χ2n) is 3.70. The van der Waals surface area contributed by atoms with Crippen molar-refractivity contribution >= 4 is 6.21 Å². The molecule has 78 valence electrons. The maximum atomic E-state index is 5.64. The zero-order valence-electron chi connectivity index (χ0n) is 8.94. The lowest BCUT2D eigenvalue weighted by atomic mass is 10.2. The standard InChI is InChI=1S/C13H15NO/c1-11-4-6-13(7-5-11)15-10-12-3-2-8-14-9-12/h3-7,9H,2,8,10H2,1H3. The van der Waals surface area contributed by atoms with Gasteiger partial charge in [-0.15, -0.1) is 0 Å². The molecule has 1 aromatic rings. The summed E-state index contributed by atoms with van der Waals surface area (Å²) in [5, 5.41) is 0. The molecule has 0 saturated carbocycles. The van der Waals surface area contributed by atoms with E-state index in [9.17, 15) is 0 Å². The highest BCUT2D eigenvalue weighted by molar-refractivity contribution is 5.79. The highest BCUT2D eigenvalue weighted by atomic mass is 16.5. The zero-order chi connectivity index (χ0) is 10.5. The Morgan fingerprint density at radius 3 is 2.73 bits per heavy atom. The maximum absolute atomic E-state index is 5.64. The van der Waals surface area contributed by atoms with Crippen LogP contribution in [0.1, 0.15) is 12.0 Å². The molecule has 2 rings (SSSR count). The first-order valence-corrected chi connectivity index (χ1v) is 5.23. The number of dihydropyridines is 1. The number of hydrogen-bond donors (Lipinski definition) is 0. The molecule has 0 fully saturated rings. The Morgan fingerprint density at radius 2 is 2.07 bits per heavy atom. The van der Waals surface area contributed by atoms with Crippen molar-refractivity contribution in [1.82, 2.24) is 0 Å². The van der Waals surface area contributed by atoms with E-state index in [0.29, 0.717) is 6.61 Å². The van der Waals surface area contributed by atoms with Crippen LogP contribution in [0.2, 0.25) is 0 Å². The van der Waals surface area contributed by atoms with Gasteiger partial charge in [-0.2, -0.15) is 0 Å². The van der Waals surface area contributed by atoms with Crippen molar-refractivity contribution in [2.45, 2.75) is 13.3 Å². The molecule has 1 heterocycles. The van der Waals surface area contributed by atoms with Crippen LogP contribution in [0.5, 0.6) is 5.75 Å². The van der Waals surface area contributed by atoms with Gasteiger partial charge in [-0.05, 0) is 25.5 Å². The molecule has 0 unspecified atom stereocenters. The van der Waals surface area contributed by atoms with Gasteiger partial charge < -0.3 is 4.74 Å². The second-order valence-corrected chi connectivity index (χ2v) is 3.70. The van der Waals surface area contributed by atoms with Crippen LogP contribution in [-0.2, 0) is 0 Å². The molecule has 2 nitrogen and oxygen atoms in total. The summed E-state index contributed by atoms with van der Waals surface area (Å²) >= 11 is 0. The van der Waals surface area contributed by atoms with Gasteiger partial charge in [0.15, 0.2) is 0 Å². The molecule has 0 saturated heterocycles. The van der Waals surface area contributed by atoms with Gasteiger partial charge in [-0.1, -0.05) is 23.8 Å². The number of nitrogens with zero attached hydrogens (tertiary/aromatic N) is 1. The predicted octanol–water partition coefficient (Wildman–Crippen LogP) is 2.77. The molecule has 0 aliphatic carbocycles. The Kier molecular flexibility index (Phi) is 3.18. The molecular formula is C13H15NO. The van der Waals surface area contributed by atoms with Crippen LogP contribution in [0, 0.1) is 6.92 Å². The molecule has 15 heavy (non-hydrogen) atoms. The van der Waals surface area contributed by atoms with E-state index in [4.69, 9.17) is 4.74 Å². The summed E-state index contributed by atoms with van der Waals surface area (Å²) in [6, 6.07) is 8.10. The maximum Gasteiger partial charge on any atom is 0.119 e. The Morgan fingerprint density at radius 1 is 1.27 bits per heavy atom. The third-order valence-electron chi connectivity index (χ3n) is 2.35. The summed E-state index contributed by atoms with van der Waals surface area (Å²) in [6.45, 7) is 3.60. The number of aliphatic imine (C=N–C) groups is 1. The van der Waals surface area contributed by atoms with Crippen LogP contribution in [0.25, 0.3) is 0 Å². The molecule has 1 aromatic carbocycles. The molecule has 0 amide bonds. The van der Waals surface area contributed by atoms with E-state index < -0.39 is 0 Å². The average Bonchev–Trinajstić information content (AvgIpc) is 2.30. The van der Waals surface area contributed by atoms with Gasteiger partial charge in [-0.25, -0.2) is 0 Å². The van der Waals surface area contributed by atoms with E-state index in [1.807, 2.05) is 18.3 Å². The topological polar surface area (TPSA) is 21.6 Å². The molecule has 0 atom stereocenters. The van der Waals surface area contributed by atoms with Crippen LogP contribution in [-0.4, -0.2) is 19.4 Å². The van der Waals surface area contributed by atoms with Crippen LogP contribution < -0.4 is 4.74 Å². The van der Waals surface area contributed by atoms with Gasteiger partial charge in [0.05, 0.1) is 0 Å². The van der Waals surface area contributed by atoms with E-state index in [2.05, 4.69) is 30.1 Å². The van der Waals surface area contributed by atoms with Crippen molar-refractivity contribution in [3.8, 4) is 5.75 Å². The Balaban J connectivity index is 1.90. The van der Waals surface area contributed by atoms with Crippen molar-refractivity contribution in [3.05, 3.63) is 41.5 Å². The summed E-state index contributed by atoms with van der Waals surface area (Å²) in [6.07, 6.45) is 5.11. The normalized spacial score (nSPS) is 14.9. The second kappa shape index (κ2) is 4.78. The number of benzene rings is 1. The fourth-order valence-corrected chi connectivity index (χ4v) is 1.46. The molecule has 0 radical (unpaired) electrons. The van der Waals surface area contributed by atoms with Gasteiger partial charge in [0.1, 0.15) is 12.4 Å². The molecule has 0 aromatic heterocycles. The lowest BCUT2D eigenvalue weighted by Gasteiger charge is -2.09. The minimum Gasteiger partial charge on any atom is -0.489 e. The van der Waals surface area contributed by atoms with Crippen molar-refractivity contribution in [2.24, 2.45) is 4.99 Å². The summed E-state index contributed by atoms with van der Waals surface area (Å²) in [7, 11) is 0. The lowest BCUT2D eigenvalue weighted by Crippen LogP contribution is -2.05. The Bertz CT molecular complexity index is 376. The van der Waals surface area contributed by atoms with Crippen molar-refractivity contribution in [2.75, 3.05) is 13.2 Å². The molecule has 2 heteroatoms. The third-order valence-corrected chi connectivity index (χ3v) is 2.35. The SMILES string of the molecule is Cc1ccc(OCC2=CCCN=C2)cc1. The van der Waals surface area contributed by atoms with Gasteiger partial charge in [0, 0.05) is 18.3 Å². The van der Waals surface area contributed by atoms with Gasteiger partial charge in [0.25, 0.3) is 0 Å². The number of ether oxygens (including phenoxy) is 1. The minimum absolute atomic E-state index is 0.618. The van der Waals surface area contributed by atoms with Crippen LogP contribution in [0.3, 0.4) is 0 Å². The molecule has 1 aliphatic rings. The lowest BCUT2D eigenvalue weighted by molar-refractivity contribution is 0.357. The summed E-state index contributed by atoms with van der Waals surface area (Å²) < 4.78 is 5.64. The molecule has 0 spiro atoms. The molecule has 0 N–H and O–H groups in total. The van der Waals surface area contributed by atoms with E-state index in [1.165, 1.54) is 11.1 Å². The highest BCUT2D eigenvalue weighted by Gasteiger charge is 1.99. The average molecular weight is 201 g/mol. The fourth-order valence-electron chi connectivity index (χ4n) is 1.46. The summed E-state index contributed by atoms with van der Waals surface area (Å²) in [5.41, 5.74) is 2.42. The van der Waals surface area contributed by atoms with E-state index in [1.54, 1.807) is 0 Å². The van der Waals surface area contributed by atoms with Crippen molar-refractivity contribution < 1.29 is 4.74 Å². The quantitative estimate of drug-likeness (QED) is 0.737. The fraction of sp³-hybridized carbons (Fsp3) is 0.308. The number of hydrogen-bond acceptors (Lipinski definition) is 2. The first-order chi connectivity index (χ1) is 7.34. The van der Waals surface area contributed by atoms with Crippen LogP contribution >= 0.6 is 0 Å². The van der Waals surface area contributed by atoms with Gasteiger partial charge in [0.2, 0.25) is 0 Å².